The third-order valence-electron chi connectivity index (χ3n) is 3.36. The van der Waals surface area contributed by atoms with E-state index >= 15 is 0 Å². The van der Waals surface area contributed by atoms with Gasteiger partial charge in [0.05, 0.1) is 0 Å². The Hall–Kier alpha value is -1.78. The molecule has 1 aromatic heterocycles. The standard InChI is InChI=1S/C15H16N4OS2/c16-7-10-20-13-5-3-12(4-6-13)11-21-15-18-17-14(22-15)19-8-1-2-9-19/h3-6H,1-2,8-11H2. The van der Waals surface area contributed by atoms with E-state index in [1.807, 2.05) is 30.3 Å². The third kappa shape index (κ3) is 3.90. The Balaban J connectivity index is 1.52. The lowest BCUT2D eigenvalue weighted by Gasteiger charge is -2.10. The van der Waals surface area contributed by atoms with Gasteiger partial charge in [0, 0.05) is 18.8 Å². The van der Waals surface area contributed by atoms with Crippen LogP contribution >= 0.6 is 23.1 Å². The molecule has 1 aliphatic rings. The molecule has 3 rings (SSSR count). The molecular formula is C15H16N4OS2. The molecule has 1 aromatic carbocycles. The summed E-state index contributed by atoms with van der Waals surface area (Å²) in [5.41, 5.74) is 1.20. The average molecular weight is 332 g/mol. The highest BCUT2D eigenvalue weighted by atomic mass is 32.2. The van der Waals surface area contributed by atoms with Crippen LogP contribution in [0.15, 0.2) is 28.6 Å². The first-order chi connectivity index (χ1) is 10.8. The number of rotatable bonds is 6. The minimum atomic E-state index is 0.0815. The fraction of sp³-hybridized carbons (Fsp3) is 0.400. The highest BCUT2D eigenvalue weighted by Crippen LogP contribution is 2.31. The predicted molar refractivity (Wildman–Crippen MR) is 88.5 cm³/mol. The number of thioether (sulfide) groups is 1. The van der Waals surface area contributed by atoms with E-state index in [1.54, 1.807) is 23.1 Å². The summed E-state index contributed by atoms with van der Waals surface area (Å²) < 4.78 is 6.25. The summed E-state index contributed by atoms with van der Waals surface area (Å²) in [7, 11) is 0. The van der Waals surface area contributed by atoms with Crippen molar-refractivity contribution in [3.8, 4) is 11.8 Å². The summed E-state index contributed by atoms with van der Waals surface area (Å²) in [6.07, 6.45) is 2.50. The minimum absolute atomic E-state index is 0.0815. The molecule has 1 fully saturated rings. The van der Waals surface area contributed by atoms with Gasteiger partial charge in [-0.2, -0.15) is 5.26 Å². The van der Waals surface area contributed by atoms with Crippen LogP contribution < -0.4 is 9.64 Å². The maximum atomic E-state index is 8.48. The van der Waals surface area contributed by atoms with Crippen LogP contribution in [0.1, 0.15) is 18.4 Å². The molecule has 2 heterocycles. The molecule has 1 aliphatic heterocycles. The van der Waals surface area contributed by atoms with Gasteiger partial charge < -0.3 is 9.64 Å². The van der Waals surface area contributed by atoms with Crippen molar-refractivity contribution < 1.29 is 4.74 Å². The van der Waals surface area contributed by atoms with Crippen LogP contribution in [0.2, 0.25) is 0 Å². The van der Waals surface area contributed by atoms with Gasteiger partial charge >= 0.3 is 0 Å². The van der Waals surface area contributed by atoms with E-state index in [1.165, 1.54) is 18.4 Å². The van der Waals surface area contributed by atoms with Crippen LogP contribution in [0, 0.1) is 11.3 Å². The molecule has 5 nitrogen and oxygen atoms in total. The van der Waals surface area contributed by atoms with E-state index in [2.05, 4.69) is 15.1 Å². The number of hydrogen-bond acceptors (Lipinski definition) is 7. The van der Waals surface area contributed by atoms with Crippen LogP contribution in [0.4, 0.5) is 5.13 Å². The first kappa shape index (κ1) is 15.1. The van der Waals surface area contributed by atoms with Crippen LogP contribution in [-0.2, 0) is 5.75 Å². The predicted octanol–water partition coefficient (Wildman–Crippen LogP) is 3.33. The lowest BCUT2D eigenvalue weighted by molar-refractivity contribution is 0.368. The van der Waals surface area contributed by atoms with Gasteiger partial charge in [-0.05, 0) is 30.5 Å². The van der Waals surface area contributed by atoms with Gasteiger partial charge in [-0.15, -0.1) is 10.2 Å². The molecule has 7 heteroatoms. The second-order valence-electron chi connectivity index (χ2n) is 4.92. The average Bonchev–Trinajstić information content (AvgIpc) is 3.23. The molecule has 0 atom stereocenters. The molecule has 0 aliphatic carbocycles. The maximum absolute atomic E-state index is 8.48. The topological polar surface area (TPSA) is 62.0 Å². The number of ether oxygens (including phenoxy) is 1. The summed E-state index contributed by atoms with van der Waals surface area (Å²) >= 11 is 3.37. The van der Waals surface area contributed by atoms with Gasteiger partial charge in [0.1, 0.15) is 11.8 Å². The molecule has 1 saturated heterocycles. The highest BCUT2D eigenvalue weighted by Gasteiger charge is 2.16. The number of nitriles is 1. The third-order valence-corrected chi connectivity index (χ3v) is 5.55. The normalized spacial score (nSPS) is 14.0. The van der Waals surface area contributed by atoms with Crippen LogP contribution in [-0.4, -0.2) is 29.9 Å². The van der Waals surface area contributed by atoms with Gasteiger partial charge in [-0.25, -0.2) is 0 Å². The van der Waals surface area contributed by atoms with E-state index in [4.69, 9.17) is 10.00 Å². The van der Waals surface area contributed by atoms with Crippen molar-refractivity contribution in [1.82, 2.24) is 10.2 Å². The van der Waals surface area contributed by atoms with Crippen molar-refractivity contribution in [3.05, 3.63) is 29.8 Å². The second kappa shape index (κ2) is 7.47. The molecule has 0 N–H and O–H groups in total. The Morgan fingerprint density at radius 3 is 2.73 bits per heavy atom. The van der Waals surface area contributed by atoms with Gasteiger partial charge in [0.15, 0.2) is 10.9 Å². The first-order valence-corrected chi connectivity index (χ1v) is 8.95. The Morgan fingerprint density at radius 1 is 1.23 bits per heavy atom. The van der Waals surface area contributed by atoms with Crippen LogP contribution in [0.3, 0.4) is 0 Å². The minimum Gasteiger partial charge on any atom is -0.479 e. The van der Waals surface area contributed by atoms with Crippen molar-refractivity contribution in [3.63, 3.8) is 0 Å². The number of hydrogen-bond donors (Lipinski definition) is 0. The van der Waals surface area contributed by atoms with Gasteiger partial charge in [-0.3, -0.25) is 0 Å². The smallest absolute Gasteiger partial charge is 0.209 e. The molecule has 0 saturated carbocycles. The number of nitrogens with zero attached hydrogens (tertiary/aromatic N) is 4. The summed E-state index contributed by atoms with van der Waals surface area (Å²) in [5, 5.41) is 18.1. The zero-order valence-electron chi connectivity index (χ0n) is 12.1. The number of aromatic nitrogens is 2. The fourth-order valence-electron chi connectivity index (χ4n) is 2.24. The van der Waals surface area contributed by atoms with E-state index in [9.17, 15) is 0 Å². The summed E-state index contributed by atoms with van der Waals surface area (Å²) in [4.78, 5) is 2.31. The number of benzene rings is 1. The Kier molecular flexibility index (Phi) is 5.14. The Bertz CT molecular complexity index is 644. The second-order valence-corrected chi connectivity index (χ2v) is 7.10. The molecule has 0 radical (unpaired) electrons. The molecule has 114 valence electrons. The highest BCUT2D eigenvalue weighted by molar-refractivity contribution is 8.00. The number of anilines is 1. The van der Waals surface area contributed by atoms with E-state index in [0.717, 1.165) is 34.1 Å². The lowest BCUT2D eigenvalue weighted by atomic mass is 10.2. The quantitative estimate of drug-likeness (QED) is 0.756. The van der Waals surface area contributed by atoms with Gasteiger partial charge in [-0.1, -0.05) is 35.2 Å². The largest absolute Gasteiger partial charge is 0.479 e. The van der Waals surface area contributed by atoms with Crippen molar-refractivity contribution in [2.24, 2.45) is 0 Å². The zero-order valence-corrected chi connectivity index (χ0v) is 13.7. The van der Waals surface area contributed by atoms with Gasteiger partial charge in [0.2, 0.25) is 5.13 Å². The zero-order chi connectivity index (χ0) is 15.2. The lowest BCUT2D eigenvalue weighted by Crippen LogP contribution is -2.17. The fourth-order valence-corrected chi connectivity index (χ4v) is 4.09. The van der Waals surface area contributed by atoms with Gasteiger partial charge in [0.25, 0.3) is 0 Å². The summed E-state index contributed by atoms with van der Waals surface area (Å²) in [5.74, 6) is 1.58. The van der Waals surface area contributed by atoms with Crippen LogP contribution in [0.5, 0.6) is 5.75 Å². The maximum Gasteiger partial charge on any atom is 0.209 e. The summed E-state index contributed by atoms with van der Waals surface area (Å²) in [6, 6.07) is 9.77. The van der Waals surface area contributed by atoms with E-state index in [-0.39, 0.29) is 6.61 Å². The van der Waals surface area contributed by atoms with E-state index < -0.39 is 0 Å². The molecule has 0 spiro atoms. The Morgan fingerprint density at radius 2 is 2.00 bits per heavy atom. The van der Waals surface area contributed by atoms with Crippen molar-refractivity contribution in [2.75, 3.05) is 24.6 Å². The van der Waals surface area contributed by atoms with Crippen molar-refractivity contribution in [2.45, 2.75) is 22.9 Å². The molecule has 0 bridgehead atoms. The summed E-state index contributed by atoms with van der Waals surface area (Å²) in [6.45, 7) is 2.28. The van der Waals surface area contributed by atoms with Crippen LogP contribution in [0.25, 0.3) is 0 Å². The SMILES string of the molecule is N#CCOc1ccc(CSc2nnc(N3CCCC3)s2)cc1. The van der Waals surface area contributed by atoms with Crippen molar-refractivity contribution >= 4 is 28.2 Å². The monoisotopic (exact) mass is 332 g/mol. The van der Waals surface area contributed by atoms with Crippen molar-refractivity contribution in [1.29, 1.82) is 5.26 Å². The molecular weight excluding hydrogens is 316 g/mol. The molecule has 22 heavy (non-hydrogen) atoms. The molecule has 0 amide bonds. The molecule has 0 unspecified atom stereocenters. The first-order valence-electron chi connectivity index (χ1n) is 7.15. The Labute approximate surface area is 137 Å². The van der Waals surface area contributed by atoms with E-state index in [0.29, 0.717) is 0 Å². The molecule has 2 aromatic rings.